The molecule has 0 radical (unpaired) electrons. The predicted octanol–water partition coefficient (Wildman–Crippen LogP) is 10.4. The van der Waals surface area contributed by atoms with Crippen molar-refractivity contribution in [3.05, 3.63) is 83.6 Å². The molecule has 1 aromatic carbocycles. The SMILES string of the molecule is C=C(C)c1ccc(C2(CC)CC2)c(C)c1.CCCCC(C)CC.Cc1ncc(-c2cc(C3CC3)ccn2)cn1. The lowest BCUT2D eigenvalue weighted by Crippen LogP contribution is -2.06. The summed E-state index contributed by atoms with van der Waals surface area (Å²) in [5.74, 6) is 2.50. The number of allylic oxidation sites excluding steroid dienone is 1. The first-order chi connectivity index (χ1) is 18.7. The van der Waals surface area contributed by atoms with Gasteiger partial charge in [-0.3, -0.25) is 4.98 Å². The second-order valence-corrected chi connectivity index (χ2v) is 11.9. The van der Waals surface area contributed by atoms with Crippen molar-refractivity contribution in [3.8, 4) is 11.3 Å². The first kappa shape index (κ1) is 30.7. The van der Waals surface area contributed by atoms with Gasteiger partial charge in [0.1, 0.15) is 5.82 Å². The molecule has 2 fully saturated rings. The molecule has 3 nitrogen and oxygen atoms in total. The predicted molar refractivity (Wildman–Crippen MR) is 168 cm³/mol. The molecule has 2 aliphatic rings. The fraction of sp³-hybridized carbons (Fsp3) is 0.528. The molecule has 0 aliphatic heterocycles. The van der Waals surface area contributed by atoms with Crippen LogP contribution in [-0.4, -0.2) is 15.0 Å². The van der Waals surface area contributed by atoms with Crippen molar-refractivity contribution in [2.45, 2.75) is 118 Å². The first-order valence-corrected chi connectivity index (χ1v) is 15.2. The van der Waals surface area contributed by atoms with Gasteiger partial charge in [-0.2, -0.15) is 0 Å². The second-order valence-electron chi connectivity index (χ2n) is 11.9. The molecule has 0 N–H and O–H groups in total. The lowest BCUT2D eigenvalue weighted by atomic mass is 9.88. The summed E-state index contributed by atoms with van der Waals surface area (Å²) >= 11 is 0. The van der Waals surface area contributed by atoms with Gasteiger partial charge in [-0.05, 0) is 105 Å². The summed E-state index contributed by atoms with van der Waals surface area (Å²) in [7, 11) is 0. The molecular formula is C36H51N3. The van der Waals surface area contributed by atoms with Crippen molar-refractivity contribution in [1.82, 2.24) is 15.0 Å². The minimum Gasteiger partial charge on any atom is -0.256 e. The topological polar surface area (TPSA) is 38.7 Å². The average Bonchev–Trinajstić information content (AvgIpc) is 3.88. The zero-order chi connectivity index (χ0) is 28.4. The van der Waals surface area contributed by atoms with Crippen LogP contribution in [0.1, 0.15) is 126 Å². The van der Waals surface area contributed by atoms with E-state index in [1.807, 2.05) is 25.5 Å². The van der Waals surface area contributed by atoms with Crippen LogP contribution in [0, 0.1) is 19.8 Å². The lowest BCUT2D eigenvalue weighted by Gasteiger charge is -2.17. The minimum atomic E-state index is 0.525. The van der Waals surface area contributed by atoms with Crippen LogP contribution in [0.5, 0.6) is 0 Å². The zero-order valence-corrected chi connectivity index (χ0v) is 25.7. The molecule has 1 atom stereocenters. The fourth-order valence-corrected chi connectivity index (χ4v) is 5.05. The molecule has 2 saturated carbocycles. The Morgan fingerprint density at radius 1 is 1.00 bits per heavy atom. The summed E-state index contributed by atoms with van der Waals surface area (Å²) in [5.41, 5.74) is 9.33. The van der Waals surface area contributed by atoms with Gasteiger partial charge in [-0.15, -0.1) is 0 Å². The number of hydrogen-bond donors (Lipinski definition) is 0. The first-order valence-electron chi connectivity index (χ1n) is 15.2. The Hall–Kier alpha value is -2.81. The Balaban J connectivity index is 0.000000172. The summed E-state index contributed by atoms with van der Waals surface area (Å²) in [6.45, 7) is 19.3. The van der Waals surface area contributed by atoms with Crippen LogP contribution < -0.4 is 0 Å². The van der Waals surface area contributed by atoms with E-state index in [1.54, 1.807) is 5.56 Å². The van der Waals surface area contributed by atoms with Gasteiger partial charge in [-0.1, -0.05) is 83.7 Å². The number of benzene rings is 1. The molecule has 5 rings (SSSR count). The standard InChI is InChI=1S/C15H20.C13H13N3.C8H18/c1-5-15(8-9-15)14-7-6-13(11(2)3)10-12(14)4;1-9-15-7-12(8-16-9)13-6-11(4-5-14-13)10-2-3-10;1-4-6-7-8(3)5-2/h6-7,10H,2,5,8-9H2,1,3-4H3;4-8,10H,2-3H2,1H3;8H,4-7H2,1-3H3. The zero-order valence-electron chi connectivity index (χ0n) is 25.7. The van der Waals surface area contributed by atoms with E-state index >= 15 is 0 Å². The summed E-state index contributed by atoms with van der Waals surface area (Å²) in [6, 6.07) is 11.1. The van der Waals surface area contributed by atoms with E-state index in [0.29, 0.717) is 5.41 Å². The van der Waals surface area contributed by atoms with Crippen molar-refractivity contribution in [2.24, 2.45) is 5.92 Å². The van der Waals surface area contributed by atoms with Crippen LogP contribution in [0.2, 0.25) is 0 Å². The number of nitrogens with zero attached hydrogens (tertiary/aromatic N) is 3. The highest BCUT2D eigenvalue weighted by Gasteiger charge is 2.43. The second kappa shape index (κ2) is 14.5. The number of unbranched alkanes of at least 4 members (excludes halogenated alkanes) is 1. The van der Waals surface area contributed by atoms with Gasteiger partial charge in [0.2, 0.25) is 0 Å². The van der Waals surface area contributed by atoms with Crippen molar-refractivity contribution in [1.29, 1.82) is 0 Å². The van der Waals surface area contributed by atoms with Crippen molar-refractivity contribution < 1.29 is 0 Å². The molecule has 2 aromatic heterocycles. The highest BCUT2D eigenvalue weighted by molar-refractivity contribution is 5.63. The molecular weight excluding hydrogens is 474 g/mol. The Morgan fingerprint density at radius 2 is 1.69 bits per heavy atom. The summed E-state index contributed by atoms with van der Waals surface area (Å²) in [6.07, 6.45) is 17.7. The molecule has 2 aliphatic carbocycles. The number of rotatable bonds is 9. The fourth-order valence-electron chi connectivity index (χ4n) is 5.05. The summed E-state index contributed by atoms with van der Waals surface area (Å²) in [5, 5.41) is 0. The maximum absolute atomic E-state index is 4.37. The molecule has 3 aromatic rings. The Kier molecular flexibility index (Phi) is 11.5. The largest absolute Gasteiger partial charge is 0.256 e. The van der Waals surface area contributed by atoms with E-state index in [1.165, 1.54) is 74.5 Å². The van der Waals surface area contributed by atoms with Gasteiger partial charge in [0.05, 0.1) is 5.69 Å². The van der Waals surface area contributed by atoms with Gasteiger partial charge >= 0.3 is 0 Å². The van der Waals surface area contributed by atoms with Crippen molar-refractivity contribution in [2.75, 3.05) is 0 Å². The van der Waals surface area contributed by atoms with Crippen molar-refractivity contribution >= 4 is 5.57 Å². The molecule has 39 heavy (non-hydrogen) atoms. The molecule has 1 unspecified atom stereocenters. The normalized spacial score (nSPS) is 15.8. The van der Waals surface area contributed by atoms with Crippen LogP contribution >= 0.6 is 0 Å². The summed E-state index contributed by atoms with van der Waals surface area (Å²) in [4.78, 5) is 12.8. The van der Waals surface area contributed by atoms with E-state index in [2.05, 4.69) is 93.4 Å². The highest BCUT2D eigenvalue weighted by Crippen LogP contribution is 2.52. The van der Waals surface area contributed by atoms with Crippen LogP contribution in [0.25, 0.3) is 16.8 Å². The van der Waals surface area contributed by atoms with E-state index in [9.17, 15) is 0 Å². The van der Waals surface area contributed by atoms with Crippen molar-refractivity contribution in [3.63, 3.8) is 0 Å². The van der Waals surface area contributed by atoms with Gasteiger partial charge < -0.3 is 0 Å². The molecule has 0 bridgehead atoms. The Labute approximate surface area is 238 Å². The summed E-state index contributed by atoms with van der Waals surface area (Å²) < 4.78 is 0. The Bertz CT molecular complexity index is 1190. The molecule has 0 saturated heterocycles. The lowest BCUT2D eigenvalue weighted by molar-refractivity contribution is 0.492. The molecule has 3 heteroatoms. The van der Waals surface area contributed by atoms with Crippen LogP contribution in [0.4, 0.5) is 0 Å². The minimum absolute atomic E-state index is 0.525. The number of pyridine rings is 1. The van der Waals surface area contributed by atoms with E-state index < -0.39 is 0 Å². The molecule has 0 amide bonds. The maximum atomic E-state index is 4.37. The third-order valence-corrected chi connectivity index (χ3v) is 8.48. The van der Waals surface area contributed by atoms with Gasteiger partial charge in [0, 0.05) is 24.2 Å². The number of aromatic nitrogens is 3. The van der Waals surface area contributed by atoms with Gasteiger partial charge in [0.25, 0.3) is 0 Å². The van der Waals surface area contributed by atoms with Crippen LogP contribution in [-0.2, 0) is 5.41 Å². The third-order valence-electron chi connectivity index (χ3n) is 8.48. The highest BCUT2D eigenvalue weighted by atomic mass is 14.9. The smallest absolute Gasteiger partial charge is 0.125 e. The van der Waals surface area contributed by atoms with E-state index in [0.717, 1.165) is 34.5 Å². The van der Waals surface area contributed by atoms with Crippen LogP contribution in [0.3, 0.4) is 0 Å². The van der Waals surface area contributed by atoms with E-state index in [-0.39, 0.29) is 0 Å². The van der Waals surface area contributed by atoms with Gasteiger partial charge in [-0.25, -0.2) is 9.97 Å². The molecule has 2 heterocycles. The number of aryl methyl sites for hydroxylation is 2. The van der Waals surface area contributed by atoms with Crippen LogP contribution in [0.15, 0.2) is 55.5 Å². The average molecular weight is 526 g/mol. The van der Waals surface area contributed by atoms with E-state index in [4.69, 9.17) is 0 Å². The quantitative estimate of drug-likeness (QED) is 0.279. The maximum Gasteiger partial charge on any atom is 0.125 e. The molecule has 0 spiro atoms. The molecule has 210 valence electrons. The van der Waals surface area contributed by atoms with Gasteiger partial charge in [0.15, 0.2) is 0 Å². The Morgan fingerprint density at radius 3 is 2.21 bits per heavy atom. The monoisotopic (exact) mass is 525 g/mol. The third kappa shape index (κ3) is 9.12. The number of hydrogen-bond acceptors (Lipinski definition) is 3.